The van der Waals surface area contributed by atoms with E-state index in [2.05, 4.69) is 34.2 Å². The molecule has 122 valence electrons. The largest absolute Gasteiger partial charge is 0.329 e. The van der Waals surface area contributed by atoms with Crippen molar-refractivity contribution in [2.24, 2.45) is 0 Å². The van der Waals surface area contributed by atoms with E-state index in [-0.39, 0.29) is 5.91 Å². The van der Waals surface area contributed by atoms with E-state index < -0.39 is 0 Å². The summed E-state index contributed by atoms with van der Waals surface area (Å²) < 4.78 is 0. The zero-order valence-electron chi connectivity index (χ0n) is 13.9. The molecule has 0 aliphatic carbocycles. The van der Waals surface area contributed by atoms with Crippen molar-refractivity contribution in [2.75, 3.05) is 0 Å². The lowest BCUT2D eigenvalue weighted by Gasteiger charge is -2.23. The molecule has 2 heterocycles. The molecular weight excluding hydrogens is 300 g/mol. The summed E-state index contributed by atoms with van der Waals surface area (Å²) in [5, 5.41) is 6.94. The standard InChI is InChI=1S/C19H20N4O/c1-14-6-3-4-8-17(14)13-23(12-16-7-5-9-20-11-16)19(24)18-10-15(2)21-22-18/h3-11H,12-13H2,1-2H3,(H,21,22). The van der Waals surface area contributed by atoms with Crippen molar-refractivity contribution in [2.45, 2.75) is 26.9 Å². The molecule has 0 bridgehead atoms. The molecule has 5 nitrogen and oxygen atoms in total. The van der Waals surface area contributed by atoms with Crippen LogP contribution in [0.1, 0.15) is 32.9 Å². The summed E-state index contributed by atoms with van der Waals surface area (Å²) in [4.78, 5) is 18.8. The number of amides is 1. The van der Waals surface area contributed by atoms with E-state index in [1.165, 1.54) is 5.56 Å². The van der Waals surface area contributed by atoms with E-state index in [1.54, 1.807) is 23.4 Å². The minimum atomic E-state index is -0.0912. The van der Waals surface area contributed by atoms with Crippen LogP contribution >= 0.6 is 0 Å². The highest BCUT2D eigenvalue weighted by Gasteiger charge is 2.19. The fourth-order valence-electron chi connectivity index (χ4n) is 2.59. The molecule has 0 atom stereocenters. The van der Waals surface area contributed by atoms with Gasteiger partial charge in [-0.1, -0.05) is 30.3 Å². The number of aromatic nitrogens is 3. The fourth-order valence-corrected chi connectivity index (χ4v) is 2.59. The number of carbonyl (C=O) groups excluding carboxylic acids is 1. The second-order valence-electron chi connectivity index (χ2n) is 5.89. The minimum Gasteiger partial charge on any atom is -0.329 e. The van der Waals surface area contributed by atoms with Gasteiger partial charge in [-0.2, -0.15) is 5.10 Å². The fraction of sp³-hybridized carbons (Fsp3) is 0.211. The molecule has 0 fully saturated rings. The van der Waals surface area contributed by atoms with Crippen molar-refractivity contribution in [1.82, 2.24) is 20.1 Å². The number of aryl methyl sites for hydroxylation is 2. The molecule has 1 aromatic carbocycles. The number of nitrogens with one attached hydrogen (secondary N) is 1. The predicted molar refractivity (Wildman–Crippen MR) is 92.3 cm³/mol. The number of carbonyl (C=O) groups is 1. The summed E-state index contributed by atoms with van der Waals surface area (Å²) in [6, 6.07) is 13.7. The van der Waals surface area contributed by atoms with Crippen LogP contribution in [0.3, 0.4) is 0 Å². The number of hydrogen-bond donors (Lipinski definition) is 1. The maximum atomic E-state index is 12.9. The number of pyridine rings is 1. The van der Waals surface area contributed by atoms with Crippen molar-refractivity contribution in [1.29, 1.82) is 0 Å². The third-order valence-electron chi connectivity index (χ3n) is 3.93. The molecule has 0 unspecified atom stereocenters. The first-order valence-electron chi connectivity index (χ1n) is 7.88. The lowest BCUT2D eigenvalue weighted by atomic mass is 10.1. The van der Waals surface area contributed by atoms with Crippen LogP contribution in [0.2, 0.25) is 0 Å². The van der Waals surface area contributed by atoms with Gasteiger partial charge in [0.15, 0.2) is 0 Å². The molecule has 0 saturated heterocycles. The second-order valence-corrected chi connectivity index (χ2v) is 5.89. The van der Waals surface area contributed by atoms with Gasteiger partial charge in [0.2, 0.25) is 0 Å². The number of rotatable bonds is 5. The normalized spacial score (nSPS) is 10.6. The maximum absolute atomic E-state index is 12.9. The Labute approximate surface area is 141 Å². The van der Waals surface area contributed by atoms with Crippen LogP contribution in [0.5, 0.6) is 0 Å². The van der Waals surface area contributed by atoms with E-state index in [1.807, 2.05) is 31.2 Å². The van der Waals surface area contributed by atoms with Gasteiger partial charge in [0, 0.05) is 31.2 Å². The van der Waals surface area contributed by atoms with Gasteiger partial charge in [-0.25, -0.2) is 0 Å². The van der Waals surface area contributed by atoms with Crippen molar-refractivity contribution in [3.63, 3.8) is 0 Å². The van der Waals surface area contributed by atoms with Gasteiger partial charge in [-0.3, -0.25) is 14.9 Å². The third kappa shape index (κ3) is 3.68. The Balaban J connectivity index is 1.88. The van der Waals surface area contributed by atoms with Crippen LogP contribution < -0.4 is 0 Å². The molecule has 24 heavy (non-hydrogen) atoms. The van der Waals surface area contributed by atoms with E-state index in [4.69, 9.17) is 0 Å². The van der Waals surface area contributed by atoms with E-state index in [0.717, 1.165) is 16.8 Å². The molecule has 0 aliphatic heterocycles. The Bertz CT molecular complexity index is 826. The van der Waals surface area contributed by atoms with Gasteiger partial charge in [0.25, 0.3) is 5.91 Å². The summed E-state index contributed by atoms with van der Waals surface area (Å²) in [5.74, 6) is -0.0912. The summed E-state index contributed by atoms with van der Waals surface area (Å²) >= 11 is 0. The first-order chi connectivity index (χ1) is 11.6. The summed E-state index contributed by atoms with van der Waals surface area (Å²) in [5.41, 5.74) is 4.59. The summed E-state index contributed by atoms with van der Waals surface area (Å²) in [7, 11) is 0. The maximum Gasteiger partial charge on any atom is 0.274 e. The van der Waals surface area contributed by atoms with Gasteiger partial charge in [-0.05, 0) is 42.7 Å². The molecule has 0 saturated carbocycles. The highest BCUT2D eigenvalue weighted by atomic mass is 16.2. The molecule has 1 amide bonds. The molecule has 5 heteroatoms. The van der Waals surface area contributed by atoms with Gasteiger partial charge in [-0.15, -0.1) is 0 Å². The number of H-pyrrole nitrogens is 1. The number of aromatic amines is 1. The van der Waals surface area contributed by atoms with Crippen molar-refractivity contribution < 1.29 is 4.79 Å². The second kappa shape index (κ2) is 7.08. The molecule has 3 rings (SSSR count). The van der Waals surface area contributed by atoms with E-state index in [0.29, 0.717) is 18.8 Å². The Kier molecular flexibility index (Phi) is 4.70. The Morgan fingerprint density at radius 2 is 1.96 bits per heavy atom. The molecular formula is C19H20N4O. The summed E-state index contributed by atoms with van der Waals surface area (Å²) in [6.45, 7) is 4.97. The Hall–Kier alpha value is -2.95. The predicted octanol–water partition coefficient (Wildman–Crippen LogP) is 3.26. The highest BCUT2D eigenvalue weighted by molar-refractivity contribution is 5.92. The average molecular weight is 320 g/mol. The van der Waals surface area contributed by atoms with Gasteiger partial charge in [0.1, 0.15) is 5.69 Å². The Morgan fingerprint density at radius 1 is 1.12 bits per heavy atom. The monoisotopic (exact) mass is 320 g/mol. The highest BCUT2D eigenvalue weighted by Crippen LogP contribution is 2.16. The van der Waals surface area contributed by atoms with E-state index in [9.17, 15) is 4.79 Å². The third-order valence-corrected chi connectivity index (χ3v) is 3.93. The zero-order valence-corrected chi connectivity index (χ0v) is 13.9. The number of nitrogens with zero attached hydrogens (tertiary/aromatic N) is 3. The smallest absolute Gasteiger partial charge is 0.274 e. The summed E-state index contributed by atoms with van der Waals surface area (Å²) in [6.07, 6.45) is 3.52. The molecule has 1 N–H and O–H groups in total. The molecule has 0 aliphatic rings. The first-order valence-corrected chi connectivity index (χ1v) is 7.88. The van der Waals surface area contributed by atoms with E-state index >= 15 is 0 Å². The molecule has 2 aromatic heterocycles. The first kappa shape index (κ1) is 15.9. The Morgan fingerprint density at radius 3 is 2.62 bits per heavy atom. The van der Waals surface area contributed by atoms with Crippen LogP contribution in [0, 0.1) is 13.8 Å². The van der Waals surface area contributed by atoms with Gasteiger partial charge < -0.3 is 4.90 Å². The van der Waals surface area contributed by atoms with Crippen molar-refractivity contribution in [3.8, 4) is 0 Å². The van der Waals surface area contributed by atoms with Gasteiger partial charge in [0.05, 0.1) is 0 Å². The zero-order chi connectivity index (χ0) is 16.9. The van der Waals surface area contributed by atoms with Crippen LogP contribution in [0.4, 0.5) is 0 Å². The van der Waals surface area contributed by atoms with Crippen LogP contribution in [-0.4, -0.2) is 26.0 Å². The number of benzene rings is 1. The van der Waals surface area contributed by atoms with Gasteiger partial charge >= 0.3 is 0 Å². The van der Waals surface area contributed by atoms with Crippen LogP contribution in [0.25, 0.3) is 0 Å². The van der Waals surface area contributed by atoms with Crippen LogP contribution in [0.15, 0.2) is 54.9 Å². The quantitative estimate of drug-likeness (QED) is 0.785. The average Bonchev–Trinajstić information content (AvgIpc) is 3.03. The molecule has 3 aromatic rings. The van der Waals surface area contributed by atoms with Crippen molar-refractivity contribution in [3.05, 3.63) is 82.9 Å². The lowest BCUT2D eigenvalue weighted by Crippen LogP contribution is -2.30. The number of hydrogen-bond acceptors (Lipinski definition) is 3. The van der Waals surface area contributed by atoms with Crippen LogP contribution in [-0.2, 0) is 13.1 Å². The SMILES string of the molecule is Cc1cc(C(=O)N(Cc2cccnc2)Cc2ccccc2C)n[nH]1. The lowest BCUT2D eigenvalue weighted by molar-refractivity contribution is 0.0723. The molecule has 0 radical (unpaired) electrons. The minimum absolute atomic E-state index is 0.0912. The van der Waals surface area contributed by atoms with Crippen molar-refractivity contribution >= 4 is 5.91 Å². The molecule has 0 spiro atoms. The topological polar surface area (TPSA) is 61.9 Å².